The average molecular weight is 264 g/mol. The summed E-state index contributed by atoms with van der Waals surface area (Å²) >= 11 is 0. The van der Waals surface area contributed by atoms with Crippen LogP contribution in [0.3, 0.4) is 0 Å². The zero-order chi connectivity index (χ0) is 13.7. The number of hydrogen-bond donors (Lipinski definition) is 2. The van der Waals surface area contributed by atoms with Gasteiger partial charge in [0.1, 0.15) is 5.75 Å². The molecule has 0 amide bonds. The molecule has 0 aliphatic carbocycles. The van der Waals surface area contributed by atoms with E-state index in [4.69, 9.17) is 4.74 Å². The van der Waals surface area contributed by atoms with Gasteiger partial charge in [0.05, 0.1) is 12.7 Å². The second kappa shape index (κ2) is 6.37. The number of methoxy groups -OCH3 is 1. The van der Waals surface area contributed by atoms with Crippen LogP contribution in [-0.2, 0) is 6.54 Å². The van der Waals surface area contributed by atoms with Crippen molar-refractivity contribution in [3.05, 3.63) is 29.8 Å². The maximum Gasteiger partial charge on any atom is 0.118 e. The van der Waals surface area contributed by atoms with Crippen molar-refractivity contribution in [1.29, 1.82) is 0 Å². The van der Waals surface area contributed by atoms with Crippen LogP contribution in [0.5, 0.6) is 5.75 Å². The predicted octanol–water partition coefficient (Wildman–Crippen LogP) is 1.24. The first-order chi connectivity index (χ1) is 9.11. The Bertz CT molecular complexity index is 386. The first-order valence-electron chi connectivity index (χ1n) is 6.86. The smallest absolute Gasteiger partial charge is 0.118 e. The van der Waals surface area contributed by atoms with Crippen LogP contribution in [0.25, 0.3) is 0 Å². The maximum absolute atomic E-state index is 10.5. The van der Waals surface area contributed by atoms with E-state index >= 15 is 0 Å². The van der Waals surface area contributed by atoms with Gasteiger partial charge in [0, 0.05) is 13.1 Å². The normalized spacial score (nSPS) is 18.5. The summed E-state index contributed by atoms with van der Waals surface area (Å²) in [5.41, 5.74) is 0.702. The topological polar surface area (TPSA) is 44.7 Å². The van der Waals surface area contributed by atoms with Gasteiger partial charge in [0.15, 0.2) is 0 Å². The number of piperidine rings is 1. The van der Waals surface area contributed by atoms with Crippen molar-refractivity contribution in [2.24, 2.45) is 0 Å². The van der Waals surface area contributed by atoms with Crippen LogP contribution in [0, 0.1) is 0 Å². The molecule has 4 heteroatoms. The lowest BCUT2D eigenvalue weighted by atomic mass is 9.92. The fraction of sp³-hybridized carbons (Fsp3) is 0.600. The highest BCUT2D eigenvalue weighted by molar-refractivity contribution is 5.27. The van der Waals surface area contributed by atoms with E-state index in [0.29, 0.717) is 0 Å². The van der Waals surface area contributed by atoms with E-state index < -0.39 is 5.60 Å². The fourth-order valence-corrected chi connectivity index (χ4v) is 2.65. The molecule has 1 aromatic rings. The first-order valence-corrected chi connectivity index (χ1v) is 6.86. The van der Waals surface area contributed by atoms with Crippen LogP contribution in [0.15, 0.2) is 24.3 Å². The molecule has 1 heterocycles. The maximum atomic E-state index is 10.5. The molecule has 0 bridgehead atoms. The number of nitrogens with one attached hydrogen (secondary N) is 1. The molecular weight excluding hydrogens is 240 g/mol. The molecule has 2 N–H and O–H groups in total. The first kappa shape index (κ1) is 14.3. The van der Waals surface area contributed by atoms with E-state index in [1.165, 1.54) is 5.56 Å². The van der Waals surface area contributed by atoms with Gasteiger partial charge in [-0.2, -0.15) is 0 Å². The molecule has 0 spiro atoms. The molecule has 0 aromatic heterocycles. The summed E-state index contributed by atoms with van der Waals surface area (Å²) in [6, 6.07) is 8.09. The Morgan fingerprint density at radius 2 is 1.89 bits per heavy atom. The number of benzene rings is 1. The third-order valence-electron chi connectivity index (χ3n) is 3.71. The molecule has 1 aliphatic rings. The van der Waals surface area contributed by atoms with Crippen LogP contribution in [0.1, 0.15) is 18.4 Å². The second-order valence-electron chi connectivity index (χ2n) is 5.49. The Morgan fingerprint density at radius 1 is 1.26 bits per heavy atom. The van der Waals surface area contributed by atoms with Crippen LogP contribution in [0.4, 0.5) is 0 Å². The van der Waals surface area contributed by atoms with Crippen molar-refractivity contribution in [3.8, 4) is 5.75 Å². The highest BCUT2D eigenvalue weighted by atomic mass is 16.5. The highest BCUT2D eigenvalue weighted by Crippen LogP contribution is 2.20. The van der Waals surface area contributed by atoms with Gasteiger partial charge >= 0.3 is 0 Å². The number of rotatable bonds is 5. The van der Waals surface area contributed by atoms with E-state index in [1.54, 1.807) is 7.11 Å². The average Bonchev–Trinajstić information content (AvgIpc) is 2.39. The second-order valence-corrected chi connectivity index (χ2v) is 5.49. The van der Waals surface area contributed by atoms with E-state index in [2.05, 4.69) is 29.4 Å². The number of hydrogen-bond acceptors (Lipinski definition) is 4. The van der Waals surface area contributed by atoms with E-state index in [0.717, 1.165) is 44.8 Å². The van der Waals surface area contributed by atoms with Crippen molar-refractivity contribution in [3.63, 3.8) is 0 Å². The zero-order valence-corrected chi connectivity index (χ0v) is 11.9. The van der Waals surface area contributed by atoms with E-state index in [-0.39, 0.29) is 0 Å². The van der Waals surface area contributed by atoms with Crippen molar-refractivity contribution in [2.75, 3.05) is 33.8 Å². The Hall–Kier alpha value is -1.10. The van der Waals surface area contributed by atoms with Crippen molar-refractivity contribution >= 4 is 0 Å². The number of ether oxygens (including phenoxy) is 1. The lowest BCUT2D eigenvalue weighted by molar-refractivity contribution is -0.0168. The SMILES string of the molecule is COc1ccc(CN(C)CC2(O)CCNCC2)cc1. The van der Waals surface area contributed by atoms with Crippen LogP contribution < -0.4 is 10.1 Å². The monoisotopic (exact) mass is 264 g/mol. The molecule has 1 fully saturated rings. The fourth-order valence-electron chi connectivity index (χ4n) is 2.65. The quantitative estimate of drug-likeness (QED) is 0.840. The summed E-state index contributed by atoms with van der Waals surface area (Å²) < 4.78 is 5.15. The Morgan fingerprint density at radius 3 is 2.47 bits per heavy atom. The molecule has 0 saturated carbocycles. The zero-order valence-electron chi connectivity index (χ0n) is 11.9. The molecule has 0 unspecified atom stereocenters. The van der Waals surface area contributed by atoms with Gasteiger partial charge in [0.25, 0.3) is 0 Å². The molecule has 0 radical (unpaired) electrons. The Kier molecular flexibility index (Phi) is 4.80. The summed E-state index contributed by atoms with van der Waals surface area (Å²) in [5, 5.41) is 13.8. The van der Waals surface area contributed by atoms with E-state index in [1.807, 2.05) is 12.1 Å². The number of likely N-dealkylation sites (N-methyl/N-ethyl adjacent to an activating group) is 1. The van der Waals surface area contributed by atoms with Crippen molar-refractivity contribution in [2.45, 2.75) is 25.0 Å². The van der Waals surface area contributed by atoms with Crippen LogP contribution >= 0.6 is 0 Å². The molecule has 2 rings (SSSR count). The third kappa shape index (κ3) is 4.20. The molecule has 1 aliphatic heterocycles. The highest BCUT2D eigenvalue weighted by Gasteiger charge is 2.30. The Labute approximate surface area is 115 Å². The summed E-state index contributed by atoms with van der Waals surface area (Å²) in [4.78, 5) is 2.19. The molecule has 1 aromatic carbocycles. The van der Waals surface area contributed by atoms with Gasteiger partial charge in [-0.3, -0.25) is 4.90 Å². The van der Waals surface area contributed by atoms with Gasteiger partial charge in [-0.15, -0.1) is 0 Å². The summed E-state index contributed by atoms with van der Waals surface area (Å²) in [6.45, 7) is 3.39. The van der Waals surface area contributed by atoms with Gasteiger partial charge < -0.3 is 15.2 Å². The summed E-state index contributed by atoms with van der Waals surface area (Å²) in [6.07, 6.45) is 1.67. The molecule has 19 heavy (non-hydrogen) atoms. The Balaban J connectivity index is 1.87. The van der Waals surface area contributed by atoms with Crippen molar-refractivity contribution < 1.29 is 9.84 Å². The van der Waals surface area contributed by atoms with Gasteiger partial charge in [-0.25, -0.2) is 0 Å². The van der Waals surface area contributed by atoms with E-state index in [9.17, 15) is 5.11 Å². The predicted molar refractivity (Wildman–Crippen MR) is 76.4 cm³/mol. The minimum Gasteiger partial charge on any atom is -0.497 e. The molecule has 4 nitrogen and oxygen atoms in total. The van der Waals surface area contributed by atoms with Crippen molar-refractivity contribution in [1.82, 2.24) is 10.2 Å². The van der Waals surface area contributed by atoms with Gasteiger partial charge in [-0.05, 0) is 50.7 Å². The molecule has 1 saturated heterocycles. The summed E-state index contributed by atoms with van der Waals surface area (Å²) in [5.74, 6) is 0.878. The van der Waals surface area contributed by atoms with Crippen LogP contribution in [0.2, 0.25) is 0 Å². The lowest BCUT2D eigenvalue weighted by Crippen LogP contribution is -2.48. The minimum absolute atomic E-state index is 0.535. The number of aliphatic hydroxyl groups is 1. The summed E-state index contributed by atoms with van der Waals surface area (Å²) in [7, 11) is 3.73. The molecule has 0 atom stereocenters. The largest absolute Gasteiger partial charge is 0.497 e. The minimum atomic E-state index is -0.535. The van der Waals surface area contributed by atoms with Gasteiger partial charge in [-0.1, -0.05) is 12.1 Å². The third-order valence-corrected chi connectivity index (χ3v) is 3.71. The standard InChI is InChI=1S/C15H24N2O2/c1-17(12-15(18)7-9-16-10-8-15)11-13-3-5-14(19-2)6-4-13/h3-6,16,18H,7-12H2,1-2H3. The lowest BCUT2D eigenvalue weighted by Gasteiger charge is -2.36. The molecular formula is C15H24N2O2. The molecule has 106 valence electrons. The number of nitrogens with zero attached hydrogens (tertiary/aromatic N) is 1. The van der Waals surface area contributed by atoms with Gasteiger partial charge in [0.2, 0.25) is 0 Å². The van der Waals surface area contributed by atoms with Crippen LogP contribution in [-0.4, -0.2) is 49.4 Å².